The normalized spacial score (nSPS) is 14.7. The van der Waals surface area contributed by atoms with Gasteiger partial charge in [0.1, 0.15) is 0 Å². The van der Waals surface area contributed by atoms with Crippen LogP contribution >= 0.6 is 0 Å². The van der Waals surface area contributed by atoms with Crippen LogP contribution in [0.3, 0.4) is 0 Å². The molecule has 3 nitrogen and oxygen atoms in total. The number of pyridine rings is 1. The molecule has 0 fully saturated rings. The Hall–Kier alpha value is -0.930. The molecule has 16 heavy (non-hydrogen) atoms. The average Bonchev–Trinajstić information content (AvgIpc) is 2.32. The first-order valence-electron chi connectivity index (χ1n) is 5.96. The van der Waals surface area contributed by atoms with Crippen LogP contribution in [-0.2, 0) is 11.2 Å². The number of rotatable bonds is 7. The predicted molar refractivity (Wildman–Crippen MR) is 66.5 cm³/mol. The van der Waals surface area contributed by atoms with Crippen LogP contribution < -0.4 is 5.32 Å². The molecular formula is C13H22N2O. The van der Waals surface area contributed by atoms with Crippen molar-refractivity contribution in [3.63, 3.8) is 0 Å². The van der Waals surface area contributed by atoms with E-state index in [4.69, 9.17) is 4.74 Å². The Balaban J connectivity index is 2.63. The third kappa shape index (κ3) is 3.91. The maximum Gasteiger partial charge on any atom is 0.0724 e. The van der Waals surface area contributed by atoms with Gasteiger partial charge in [0.15, 0.2) is 0 Å². The van der Waals surface area contributed by atoms with Gasteiger partial charge in [0.05, 0.1) is 6.10 Å². The van der Waals surface area contributed by atoms with Gasteiger partial charge in [-0.25, -0.2) is 0 Å². The maximum absolute atomic E-state index is 5.51. The predicted octanol–water partition coefficient (Wildman–Crippen LogP) is 2.03. The van der Waals surface area contributed by atoms with E-state index in [-0.39, 0.29) is 6.10 Å². The van der Waals surface area contributed by atoms with Crippen molar-refractivity contribution in [2.24, 2.45) is 0 Å². The van der Waals surface area contributed by atoms with Gasteiger partial charge < -0.3 is 10.1 Å². The van der Waals surface area contributed by atoms with Crippen LogP contribution in [0.15, 0.2) is 24.5 Å². The smallest absolute Gasteiger partial charge is 0.0724 e. The summed E-state index contributed by atoms with van der Waals surface area (Å²) in [5.41, 5.74) is 1.30. The first-order chi connectivity index (χ1) is 7.81. The van der Waals surface area contributed by atoms with E-state index in [1.807, 2.05) is 12.4 Å². The largest absolute Gasteiger partial charge is 0.380 e. The summed E-state index contributed by atoms with van der Waals surface area (Å²) >= 11 is 0. The summed E-state index contributed by atoms with van der Waals surface area (Å²) < 4.78 is 5.51. The molecule has 0 aromatic carbocycles. The minimum Gasteiger partial charge on any atom is -0.380 e. The van der Waals surface area contributed by atoms with Crippen molar-refractivity contribution < 1.29 is 4.74 Å². The second-order valence-electron chi connectivity index (χ2n) is 3.91. The van der Waals surface area contributed by atoms with Gasteiger partial charge in [-0.1, -0.05) is 13.8 Å². The molecule has 1 N–H and O–H groups in total. The Morgan fingerprint density at radius 2 is 2.00 bits per heavy atom. The molecule has 0 spiro atoms. The van der Waals surface area contributed by atoms with E-state index >= 15 is 0 Å². The zero-order valence-corrected chi connectivity index (χ0v) is 10.4. The number of hydrogen-bond donors (Lipinski definition) is 1. The molecule has 1 heterocycles. The number of aromatic nitrogens is 1. The quantitative estimate of drug-likeness (QED) is 0.766. The number of hydrogen-bond acceptors (Lipinski definition) is 3. The van der Waals surface area contributed by atoms with Crippen LogP contribution in [0.25, 0.3) is 0 Å². The van der Waals surface area contributed by atoms with Gasteiger partial charge in [-0.15, -0.1) is 0 Å². The van der Waals surface area contributed by atoms with Crippen molar-refractivity contribution >= 4 is 0 Å². The van der Waals surface area contributed by atoms with Gasteiger partial charge in [-0.3, -0.25) is 4.98 Å². The highest BCUT2D eigenvalue weighted by atomic mass is 16.5. The highest BCUT2D eigenvalue weighted by Gasteiger charge is 2.18. The van der Waals surface area contributed by atoms with Gasteiger partial charge in [-0.05, 0) is 37.1 Å². The van der Waals surface area contributed by atoms with Gasteiger partial charge in [-0.2, -0.15) is 0 Å². The molecule has 0 saturated carbocycles. The summed E-state index contributed by atoms with van der Waals surface area (Å²) in [5, 5.41) is 3.49. The molecule has 0 aliphatic heterocycles. The second kappa shape index (κ2) is 7.36. The summed E-state index contributed by atoms with van der Waals surface area (Å²) in [7, 11) is 1.78. The lowest BCUT2D eigenvalue weighted by atomic mass is 10.0. The molecule has 2 unspecified atom stereocenters. The van der Waals surface area contributed by atoms with Crippen molar-refractivity contribution in [1.82, 2.24) is 10.3 Å². The van der Waals surface area contributed by atoms with E-state index in [2.05, 4.69) is 36.3 Å². The van der Waals surface area contributed by atoms with Crippen LogP contribution in [0.2, 0.25) is 0 Å². The molecule has 0 aliphatic carbocycles. The zero-order chi connectivity index (χ0) is 11.8. The summed E-state index contributed by atoms with van der Waals surface area (Å²) in [6.07, 6.45) is 5.97. The fraction of sp³-hybridized carbons (Fsp3) is 0.615. The molecule has 90 valence electrons. The van der Waals surface area contributed by atoms with E-state index in [1.54, 1.807) is 7.11 Å². The zero-order valence-electron chi connectivity index (χ0n) is 10.4. The first kappa shape index (κ1) is 13.1. The highest BCUT2D eigenvalue weighted by Crippen LogP contribution is 2.10. The lowest BCUT2D eigenvalue weighted by Crippen LogP contribution is -2.42. The second-order valence-corrected chi connectivity index (χ2v) is 3.91. The van der Waals surface area contributed by atoms with Crippen LogP contribution in [0, 0.1) is 0 Å². The van der Waals surface area contributed by atoms with Crippen molar-refractivity contribution in [3.8, 4) is 0 Å². The van der Waals surface area contributed by atoms with E-state index in [1.165, 1.54) is 5.56 Å². The number of methoxy groups -OCH3 is 1. The molecule has 0 aliphatic rings. The number of ether oxygens (including phenoxy) is 1. The van der Waals surface area contributed by atoms with Gasteiger partial charge in [0.25, 0.3) is 0 Å². The molecule has 0 radical (unpaired) electrons. The third-order valence-electron chi connectivity index (χ3n) is 2.83. The van der Waals surface area contributed by atoms with Crippen LogP contribution in [0.5, 0.6) is 0 Å². The van der Waals surface area contributed by atoms with Gasteiger partial charge in [0, 0.05) is 25.5 Å². The van der Waals surface area contributed by atoms with Crippen molar-refractivity contribution in [3.05, 3.63) is 30.1 Å². The Morgan fingerprint density at radius 1 is 1.31 bits per heavy atom. The molecule has 3 heteroatoms. The average molecular weight is 222 g/mol. The molecular weight excluding hydrogens is 200 g/mol. The summed E-state index contributed by atoms with van der Waals surface area (Å²) in [6, 6.07) is 4.50. The minimum atomic E-state index is 0.271. The molecule has 0 amide bonds. The van der Waals surface area contributed by atoms with Crippen molar-refractivity contribution in [1.29, 1.82) is 0 Å². The molecule has 2 atom stereocenters. The molecule has 1 rings (SSSR count). The molecule has 1 aromatic rings. The Bertz CT molecular complexity index is 273. The number of likely N-dealkylation sites (N-methyl/N-ethyl adjacent to an activating group) is 1. The summed E-state index contributed by atoms with van der Waals surface area (Å²) in [5.74, 6) is 0. The number of nitrogens with zero attached hydrogens (tertiary/aromatic N) is 1. The lowest BCUT2D eigenvalue weighted by Gasteiger charge is -2.25. The molecule has 0 saturated heterocycles. The fourth-order valence-corrected chi connectivity index (χ4v) is 1.99. The third-order valence-corrected chi connectivity index (χ3v) is 2.83. The van der Waals surface area contributed by atoms with Crippen molar-refractivity contribution in [2.45, 2.75) is 38.8 Å². The SMILES string of the molecule is CCNC(Cc1ccncc1)C(CC)OC. The Kier molecular flexibility index (Phi) is 6.04. The van der Waals surface area contributed by atoms with E-state index in [0.717, 1.165) is 19.4 Å². The standard InChI is InChI=1S/C13H22N2O/c1-4-13(16-3)12(15-5-2)10-11-6-8-14-9-7-11/h6-9,12-13,15H,4-5,10H2,1-3H3. The van der Waals surface area contributed by atoms with Crippen LogP contribution in [0.1, 0.15) is 25.8 Å². The Morgan fingerprint density at radius 3 is 2.50 bits per heavy atom. The van der Waals surface area contributed by atoms with E-state index in [9.17, 15) is 0 Å². The van der Waals surface area contributed by atoms with Crippen molar-refractivity contribution in [2.75, 3.05) is 13.7 Å². The lowest BCUT2D eigenvalue weighted by molar-refractivity contribution is 0.0658. The topological polar surface area (TPSA) is 34.2 Å². The van der Waals surface area contributed by atoms with Crippen LogP contribution in [-0.4, -0.2) is 30.8 Å². The monoisotopic (exact) mass is 222 g/mol. The summed E-state index contributed by atoms with van der Waals surface area (Å²) in [6.45, 7) is 5.25. The molecule has 1 aromatic heterocycles. The summed E-state index contributed by atoms with van der Waals surface area (Å²) in [4.78, 5) is 4.03. The van der Waals surface area contributed by atoms with Crippen LogP contribution in [0.4, 0.5) is 0 Å². The number of nitrogens with one attached hydrogen (secondary N) is 1. The maximum atomic E-state index is 5.51. The van der Waals surface area contributed by atoms with E-state index < -0.39 is 0 Å². The Labute approximate surface area is 98.2 Å². The fourth-order valence-electron chi connectivity index (χ4n) is 1.99. The van der Waals surface area contributed by atoms with Gasteiger partial charge in [0.2, 0.25) is 0 Å². The first-order valence-corrected chi connectivity index (χ1v) is 5.96. The molecule has 0 bridgehead atoms. The minimum absolute atomic E-state index is 0.271. The highest BCUT2D eigenvalue weighted by molar-refractivity contribution is 5.12. The van der Waals surface area contributed by atoms with E-state index in [0.29, 0.717) is 6.04 Å². The van der Waals surface area contributed by atoms with Gasteiger partial charge >= 0.3 is 0 Å².